The van der Waals surface area contributed by atoms with E-state index < -0.39 is 0 Å². The summed E-state index contributed by atoms with van der Waals surface area (Å²) >= 11 is 0. The molecule has 0 spiro atoms. The number of Topliss-reactive ketones (excluding diaryl/α,β-unsaturated/α-hetero) is 1. The molecule has 0 aromatic carbocycles. The van der Waals surface area contributed by atoms with Gasteiger partial charge in [0.25, 0.3) is 0 Å². The molecule has 0 saturated heterocycles. The minimum atomic E-state index is 0.254. The van der Waals surface area contributed by atoms with E-state index >= 15 is 0 Å². The molecule has 0 amide bonds. The highest BCUT2D eigenvalue weighted by atomic mass is 16.1. The van der Waals surface area contributed by atoms with E-state index in [2.05, 4.69) is 18.8 Å². The molecule has 1 heterocycles. The minimum Gasteiger partial charge on any atom is -0.299 e. The number of ketones is 1. The van der Waals surface area contributed by atoms with E-state index in [-0.39, 0.29) is 11.3 Å². The summed E-state index contributed by atoms with van der Waals surface area (Å²) in [4.78, 5) is 15.7. The molecular formula is C12H15NO. The van der Waals surface area contributed by atoms with Crippen LogP contribution in [0.2, 0.25) is 0 Å². The molecule has 1 aromatic rings. The van der Waals surface area contributed by atoms with Crippen molar-refractivity contribution in [1.29, 1.82) is 0 Å². The van der Waals surface area contributed by atoms with Crippen molar-refractivity contribution in [2.75, 3.05) is 0 Å². The van der Waals surface area contributed by atoms with Gasteiger partial charge < -0.3 is 0 Å². The van der Waals surface area contributed by atoms with E-state index in [4.69, 9.17) is 0 Å². The number of carbonyl (C=O) groups is 1. The molecule has 1 unspecified atom stereocenters. The zero-order valence-electron chi connectivity index (χ0n) is 8.66. The highest BCUT2D eigenvalue weighted by molar-refractivity contribution is 5.86. The van der Waals surface area contributed by atoms with Crippen LogP contribution in [-0.4, -0.2) is 10.8 Å². The van der Waals surface area contributed by atoms with Crippen LogP contribution in [0.15, 0.2) is 24.5 Å². The Balaban J connectivity index is 1.97. The van der Waals surface area contributed by atoms with E-state index in [1.165, 1.54) is 0 Å². The van der Waals surface area contributed by atoms with Crippen molar-refractivity contribution in [1.82, 2.24) is 4.98 Å². The number of hydrogen-bond acceptors (Lipinski definition) is 2. The van der Waals surface area contributed by atoms with Gasteiger partial charge in [0.05, 0.1) is 0 Å². The summed E-state index contributed by atoms with van der Waals surface area (Å²) in [5.74, 6) is 0.664. The summed E-state index contributed by atoms with van der Waals surface area (Å²) in [7, 11) is 0. The first kappa shape index (κ1) is 9.38. The van der Waals surface area contributed by atoms with Gasteiger partial charge in [0.1, 0.15) is 5.78 Å². The summed E-state index contributed by atoms with van der Waals surface area (Å²) in [6.07, 6.45) is 5.09. The quantitative estimate of drug-likeness (QED) is 0.730. The predicted molar refractivity (Wildman–Crippen MR) is 54.8 cm³/mol. The Bertz CT molecular complexity index is 343. The van der Waals surface area contributed by atoms with E-state index in [0.717, 1.165) is 12.0 Å². The number of rotatable bonds is 3. The maximum Gasteiger partial charge on any atom is 0.140 e. The highest BCUT2D eigenvalue weighted by Gasteiger charge is 2.49. The number of hydrogen-bond donors (Lipinski definition) is 0. The maximum atomic E-state index is 11.8. The van der Waals surface area contributed by atoms with Gasteiger partial charge in [-0.2, -0.15) is 0 Å². The topological polar surface area (TPSA) is 30.0 Å². The average Bonchev–Trinajstić information content (AvgIpc) is 2.77. The largest absolute Gasteiger partial charge is 0.299 e. The Morgan fingerprint density at radius 3 is 2.57 bits per heavy atom. The zero-order valence-corrected chi connectivity index (χ0v) is 8.66. The lowest BCUT2D eigenvalue weighted by Crippen LogP contribution is -2.09. The minimum absolute atomic E-state index is 0.254. The van der Waals surface area contributed by atoms with Crippen molar-refractivity contribution < 1.29 is 4.79 Å². The van der Waals surface area contributed by atoms with Gasteiger partial charge in [-0.25, -0.2) is 0 Å². The van der Waals surface area contributed by atoms with Gasteiger partial charge in [0.2, 0.25) is 0 Å². The van der Waals surface area contributed by atoms with Crippen LogP contribution in [0.1, 0.15) is 25.8 Å². The van der Waals surface area contributed by atoms with E-state index in [9.17, 15) is 4.79 Å². The first-order valence-corrected chi connectivity index (χ1v) is 5.01. The van der Waals surface area contributed by atoms with Gasteiger partial charge in [-0.3, -0.25) is 9.78 Å². The van der Waals surface area contributed by atoms with Crippen LogP contribution in [0.4, 0.5) is 0 Å². The number of nitrogens with zero attached hydrogens (tertiary/aromatic N) is 1. The van der Waals surface area contributed by atoms with Crippen molar-refractivity contribution in [2.24, 2.45) is 11.3 Å². The summed E-state index contributed by atoms with van der Waals surface area (Å²) in [5, 5.41) is 0. The zero-order chi connectivity index (χ0) is 10.2. The number of aromatic nitrogens is 1. The van der Waals surface area contributed by atoms with Crippen LogP contribution in [0.25, 0.3) is 0 Å². The lowest BCUT2D eigenvalue weighted by molar-refractivity contribution is -0.120. The summed E-state index contributed by atoms with van der Waals surface area (Å²) in [6.45, 7) is 4.31. The van der Waals surface area contributed by atoms with Crippen LogP contribution in [0.5, 0.6) is 0 Å². The fourth-order valence-corrected chi connectivity index (χ4v) is 1.84. The molecule has 0 aliphatic heterocycles. The third-order valence-electron chi connectivity index (χ3n) is 3.03. The first-order valence-electron chi connectivity index (χ1n) is 5.01. The second kappa shape index (κ2) is 3.19. The molecule has 2 nitrogen and oxygen atoms in total. The Kier molecular flexibility index (Phi) is 2.14. The van der Waals surface area contributed by atoms with Crippen LogP contribution in [0.3, 0.4) is 0 Å². The smallest absolute Gasteiger partial charge is 0.140 e. The summed E-state index contributed by atoms with van der Waals surface area (Å²) in [5.41, 5.74) is 1.33. The monoisotopic (exact) mass is 189 g/mol. The molecular weight excluding hydrogens is 174 g/mol. The maximum absolute atomic E-state index is 11.8. The van der Waals surface area contributed by atoms with E-state index in [1.54, 1.807) is 12.4 Å². The molecule has 1 fully saturated rings. The fourth-order valence-electron chi connectivity index (χ4n) is 1.84. The van der Waals surface area contributed by atoms with Gasteiger partial charge in [0.15, 0.2) is 0 Å². The van der Waals surface area contributed by atoms with Crippen LogP contribution in [0, 0.1) is 11.3 Å². The van der Waals surface area contributed by atoms with Crippen LogP contribution in [-0.2, 0) is 11.2 Å². The van der Waals surface area contributed by atoms with Crippen molar-refractivity contribution in [3.8, 4) is 0 Å². The standard InChI is InChI=1S/C12H15NO/c1-12(2)8-10(12)11(14)7-9-3-5-13-6-4-9/h3-6,10H,7-8H2,1-2H3. The third kappa shape index (κ3) is 1.84. The normalized spacial score (nSPS) is 23.1. The van der Waals surface area contributed by atoms with Gasteiger partial charge in [-0.15, -0.1) is 0 Å². The first-order chi connectivity index (χ1) is 6.59. The fraction of sp³-hybridized carbons (Fsp3) is 0.500. The summed E-state index contributed by atoms with van der Waals surface area (Å²) in [6, 6.07) is 3.82. The molecule has 1 aliphatic rings. The van der Waals surface area contributed by atoms with Gasteiger partial charge in [0, 0.05) is 24.7 Å². The lowest BCUT2D eigenvalue weighted by Gasteiger charge is -2.02. The van der Waals surface area contributed by atoms with Crippen LogP contribution < -0.4 is 0 Å². The third-order valence-corrected chi connectivity index (χ3v) is 3.03. The number of carbonyl (C=O) groups excluding carboxylic acids is 1. The Morgan fingerprint density at radius 2 is 2.07 bits per heavy atom. The van der Waals surface area contributed by atoms with Crippen molar-refractivity contribution >= 4 is 5.78 Å². The Hall–Kier alpha value is -1.18. The Labute approximate surface area is 84.4 Å². The second-order valence-corrected chi connectivity index (χ2v) is 4.74. The van der Waals surface area contributed by atoms with Gasteiger partial charge >= 0.3 is 0 Å². The molecule has 1 saturated carbocycles. The van der Waals surface area contributed by atoms with Gasteiger partial charge in [-0.05, 0) is 29.5 Å². The molecule has 2 heteroatoms. The number of pyridine rings is 1. The molecule has 0 N–H and O–H groups in total. The second-order valence-electron chi connectivity index (χ2n) is 4.74. The molecule has 0 bridgehead atoms. The van der Waals surface area contributed by atoms with Crippen LogP contribution >= 0.6 is 0 Å². The molecule has 0 radical (unpaired) electrons. The average molecular weight is 189 g/mol. The SMILES string of the molecule is CC1(C)CC1C(=O)Cc1ccncc1. The van der Waals surface area contributed by atoms with Gasteiger partial charge in [-0.1, -0.05) is 13.8 Å². The molecule has 1 aromatic heterocycles. The molecule has 14 heavy (non-hydrogen) atoms. The van der Waals surface area contributed by atoms with E-state index in [1.807, 2.05) is 12.1 Å². The highest BCUT2D eigenvalue weighted by Crippen LogP contribution is 2.52. The van der Waals surface area contributed by atoms with Crippen molar-refractivity contribution in [3.05, 3.63) is 30.1 Å². The predicted octanol–water partition coefficient (Wildman–Crippen LogP) is 2.24. The lowest BCUT2D eigenvalue weighted by atomic mass is 10.0. The van der Waals surface area contributed by atoms with E-state index in [0.29, 0.717) is 12.2 Å². The Morgan fingerprint density at radius 1 is 1.50 bits per heavy atom. The van der Waals surface area contributed by atoms with Crippen molar-refractivity contribution in [3.63, 3.8) is 0 Å². The molecule has 74 valence electrons. The molecule has 2 rings (SSSR count). The van der Waals surface area contributed by atoms with Crippen molar-refractivity contribution in [2.45, 2.75) is 26.7 Å². The molecule has 1 atom stereocenters. The molecule has 1 aliphatic carbocycles. The summed E-state index contributed by atoms with van der Waals surface area (Å²) < 4.78 is 0.